The van der Waals surface area contributed by atoms with E-state index in [0.717, 1.165) is 64.2 Å². The lowest BCUT2D eigenvalue weighted by Crippen LogP contribution is -2.37. The van der Waals surface area contributed by atoms with Gasteiger partial charge >= 0.3 is 11.9 Å². The number of nitrogens with zero attached hydrogens (tertiary/aromatic N) is 1. The Morgan fingerprint density at radius 2 is 1.27 bits per heavy atom. The van der Waals surface area contributed by atoms with Crippen LogP contribution in [0.3, 0.4) is 0 Å². The number of likely N-dealkylation sites (N-methyl/N-ethyl adjacent to an activating group) is 1. The van der Waals surface area contributed by atoms with Crippen LogP contribution in [0.15, 0.2) is 24.3 Å². The van der Waals surface area contributed by atoms with Crippen molar-refractivity contribution in [3.8, 4) is 0 Å². The molecule has 0 spiro atoms. The summed E-state index contributed by atoms with van der Waals surface area (Å²) in [6.07, 6.45) is 25.1. The molecule has 0 aliphatic rings. The summed E-state index contributed by atoms with van der Waals surface area (Å²) in [4.78, 5) is 37.0. The summed E-state index contributed by atoms with van der Waals surface area (Å²) >= 11 is 0. The first-order chi connectivity index (χ1) is 21.0. The molecule has 258 valence electrons. The molecule has 0 saturated carbocycles. The Kier molecular flexibility index (Phi) is 26.8. The summed E-state index contributed by atoms with van der Waals surface area (Å²) in [5.41, 5.74) is 0. The van der Waals surface area contributed by atoms with Gasteiger partial charge in [0.15, 0.2) is 6.10 Å². The van der Waals surface area contributed by atoms with Gasteiger partial charge in [0.25, 0.3) is 7.82 Å². The quantitative estimate of drug-likeness (QED) is 0.0256. The van der Waals surface area contributed by atoms with Crippen LogP contribution in [0.4, 0.5) is 0 Å². The Hall–Kier alpha value is -1.51. The second-order valence-corrected chi connectivity index (χ2v) is 13.9. The van der Waals surface area contributed by atoms with Crippen molar-refractivity contribution in [2.45, 2.75) is 136 Å². The molecule has 9 nitrogen and oxygen atoms in total. The van der Waals surface area contributed by atoms with E-state index in [9.17, 15) is 19.0 Å². The first-order valence-corrected chi connectivity index (χ1v) is 18.5. The molecule has 0 amide bonds. The Morgan fingerprint density at radius 3 is 1.89 bits per heavy atom. The number of rotatable bonds is 30. The smallest absolute Gasteiger partial charge is 0.306 e. The molecule has 0 aliphatic heterocycles. The van der Waals surface area contributed by atoms with Crippen molar-refractivity contribution in [3.63, 3.8) is 0 Å². The predicted octanol–water partition coefficient (Wildman–Crippen LogP) is 7.82. The van der Waals surface area contributed by atoms with E-state index in [1.54, 1.807) is 0 Å². The number of esters is 2. The lowest BCUT2D eigenvalue weighted by Gasteiger charge is -2.28. The van der Waals surface area contributed by atoms with Gasteiger partial charge in [-0.1, -0.05) is 102 Å². The number of carbonyl (C=O) groups is 2. The number of phosphoric ester groups is 1. The second kappa shape index (κ2) is 27.8. The van der Waals surface area contributed by atoms with Gasteiger partial charge in [-0.25, -0.2) is 0 Å². The maximum atomic E-state index is 12.5. The summed E-state index contributed by atoms with van der Waals surface area (Å²) in [7, 11) is 1.15. The van der Waals surface area contributed by atoms with E-state index < -0.39 is 32.5 Å². The lowest BCUT2D eigenvalue weighted by atomic mass is 10.1. The molecule has 10 heteroatoms. The summed E-state index contributed by atoms with van der Waals surface area (Å²) in [6.45, 7) is 4.06. The third kappa shape index (κ3) is 30.5. The van der Waals surface area contributed by atoms with E-state index in [2.05, 4.69) is 38.2 Å². The highest BCUT2D eigenvalue weighted by molar-refractivity contribution is 7.45. The molecule has 0 aliphatic carbocycles. The molecule has 0 aromatic carbocycles. The summed E-state index contributed by atoms with van der Waals surface area (Å²) in [5.74, 6) is -0.862. The Bertz CT molecular complexity index is 825. The number of hydrogen-bond acceptors (Lipinski definition) is 8. The average molecular weight is 646 g/mol. The SMILES string of the molecule is CCC/C=C\C/C=C\CCCCCCCC(=O)OC(COC(=O)CCCCCCCCC)COP(=O)([O-])OCC[N+](C)(C)C. The van der Waals surface area contributed by atoms with Crippen LogP contribution in [0, 0.1) is 0 Å². The van der Waals surface area contributed by atoms with Crippen LogP contribution in [0.2, 0.25) is 0 Å². The summed E-state index contributed by atoms with van der Waals surface area (Å²) in [5, 5.41) is 0. The van der Waals surface area contributed by atoms with Crippen LogP contribution < -0.4 is 4.89 Å². The number of carbonyl (C=O) groups excluding carboxylic acids is 2. The van der Waals surface area contributed by atoms with Gasteiger partial charge in [-0.05, 0) is 38.5 Å². The maximum absolute atomic E-state index is 12.5. The number of hydrogen-bond donors (Lipinski definition) is 0. The highest BCUT2D eigenvalue weighted by atomic mass is 31.2. The van der Waals surface area contributed by atoms with Gasteiger partial charge in [0.2, 0.25) is 0 Å². The van der Waals surface area contributed by atoms with Crippen molar-refractivity contribution in [1.82, 2.24) is 0 Å². The molecule has 0 aromatic heterocycles. The molecule has 0 heterocycles. The molecule has 0 aromatic rings. The van der Waals surface area contributed by atoms with Crippen LogP contribution in [-0.4, -0.2) is 70.0 Å². The van der Waals surface area contributed by atoms with Gasteiger partial charge in [0.1, 0.15) is 19.8 Å². The molecule has 2 atom stereocenters. The van der Waals surface area contributed by atoms with Crippen LogP contribution in [-0.2, 0) is 32.7 Å². The Balaban J connectivity index is 4.51. The first-order valence-electron chi connectivity index (χ1n) is 17.0. The predicted molar refractivity (Wildman–Crippen MR) is 176 cm³/mol. The van der Waals surface area contributed by atoms with Crippen molar-refractivity contribution in [1.29, 1.82) is 0 Å². The summed E-state index contributed by atoms with van der Waals surface area (Å²) in [6, 6.07) is 0. The number of quaternary nitrogens is 1. The van der Waals surface area contributed by atoms with Crippen molar-refractivity contribution >= 4 is 19.8 Å². The van der Waals surface area contributed by atoms with Crippen LogP contribution in [0.5, 0.6) is 0 Å². The molecule has 0 rings (SSSR count). The van der Waals surface area contributed by atoms with Crippen molar-refractivity contribution in [2.75, 3.05) is 47.5 Å². The largest absolute Gasteiger partial charge is 0.756 e. The van der Waals surface area contributed by atoms with E-state index in [1.807, 2.05) is 21.1 Å². The van der Waals surface area contributed by atoms with E-state index in [-0.39, 0.29) is 26.1 Å². The first kappa shape index (κ1) is 42.5. The second-order valence-electron chi connectivity index (χ2n) is 12.5. The van der Waals surface area contributed by atoms with E-state index in [4.69, 9.17) is 18.5 Å². The van der Waals surface area contributed by atoms with Gasteiger partial charge in [0, 0.05) is 12.8 Å². The molecular weight excluding hydrogens is 581 g/mol. The topological polar surface area (TPSA) is 111 Å². The molecular formula is C34H64NO8P. The minimum absolute atomic E-state index is 0.0329. The zero-order valence-electron chi connectivity index (χ0n) is 28.6. The zero-order valence-corrected chi connectivity index (χ0v) is 29.5. The fraction of sp³-hybridized carbons (Fsp3) is 0.824. The standard InChI is InChI=1S/C34H64NO8P/c1-6-8-10-12-14-15-16-17-18-19-21-23-25-27-34(37)43-32(31-42-44(38,39)41-29-28-35(3,4)5)30-40-33(36)26-24-22-20-13-11-9-7-2/h10,12,15-16,32H,6-9,11,13-14,17-31H2,1-5H3/b12-10-,16-15-. The van der Waals surface area contributed by atoms with Crippen LogP contribution >= 0.6 is 7.82 Å². The molecule has 0 radical (unpaired) electrons. The van der Waals surface area contributed by atoms with Crippen molar-refractivity contribution < 1.29 is 42.1 Å². The molecule has 0 fully saturated rings. The Labute approximate surface area is 268 Å². The van der Waals surface area contributed by atoms with Gasteiger partial charge in [-0.15, -0.1) is 0 Å². The van der Waals surface area contributed by atoms with Crippen molar-refractivity contribution in [2.24, 2.45) is 0 Å². The molecule has 2 unspecified atom stereocenters. The Morgan fingerprint density at radius 1 is 0.705 bits per heavy atom. The monoisotopic (exact) mass is 645 g/mol. The number of allylic oxidation sites excluding steroid dienone is 4. The lowest BCUT2D eigenvalue weighted by molar-refractivity contribution is -0.870. The fourth-order valence-corrected chi connectivity index (χ4v) is 4.95. The molecule has 0 bridgehead atoms. The molecule has 44 heavy (non-hydrogen) atoms. The zero-order chi connectivity index (χ0) is 32.9. The van der Waals surface area contributed by atoms with Gasteiger partial charge < -0.3 is 27.9 Å². The number of unbranched alkanes of at least 4 members (excludes halogenated alkanes) is 12. The maximum Gasteiger partial charge on any atom is 0.306 e. The highest BCUT2D eigenvalue weighted by Crippen LogP contribution is 2.38. The average Bonchev–Trinajstić information content (AvgIpc) is 2.95. The fourth-order valence-electron chi connectivity index (χ4n) is 4.22. The molecule has 0 N–H and O–H groups in total. The third-order valence-electron chi connectivity index (χ3n) is 6.96. The minimum atomic E-state index is -4.61. The van der Waals surface area contributed by atoms with E-state index >= 15 is 0 Å². The third-order valence-corrected chi connectivity index (χ3v) is 7.92. The van der Waals surface area contributed by atoms with Gasteiger partial charge in [-0.2, -0.15) is 0 Å². The minimum Gasteiger partial charge on any atom is -0.756 e. The van der Waals surface area contributed by atoms with E-state index in [1.165, 1.54) is 32.1 Å². The normalized spacial score (nSPS) is 14.2. The van der Waals surface area contributed by atoms with Crippen LogP contribution in [0.25, 0.3) is 0 Å². The highest BCUT2D eigenvalue weighted by Gasteiger charge is 2.21. The van der Waals surface area contributed by atoms with Gasteiger partial charge in [-0.3, -0.25) is 14.2 Å². The van der Waals surface area contributed by atoms with Crippen LogP contribution in [0.1, 0.15) is 129 Å². The van der Waals surface area contributed by atoms with E-state index in [0.29, 0.717) is 17.4 Å². The molecule has 0 saturated heterocycles. The van der Waals surface area contributed by atoms with Crippen molar-refractivity contribution in [3.05, 3.63) is 24.3 Å². The summed E-state index contributed by atoms with van der Waals surface area (Å²) < 4.78 is 33.5. The number of ether oxygens (including phenoxy) is 2. The van der Waals surface area contributed by atoms with Gasteiger partial charge in [0.05, 0.1) is 27.7 Å². The number of phosphoric acid groups is 1.